The van der Waals surface area contributed by atoms with E-state index in [1.165, 1.54) is 7.11 Å². The van der Waals surface area contributed by atoms with Gasteiger partial charge < -0.3 is 9.47 Å². The van der Waals surface area contributed by atoms with Crippen LogP contribution in [-0.2, 0) is 9.53 Å². The largest absolute Gasteiger partial charge is 0.491 e. The number of hydrogen-bond donors (Lipinski definition) is 0. The van der Waals surface area contributed by atoms with E-state index in [0.717, 1.165) is 17.9 Å². The zero-order chi connectivity index (χ0) is 13.7. The lowest BCUT2D eigenvalue weighted by Gasteiger charge is -2.21. The predicted octanol–water partition coefficient (Wildman–Crippen LogP) is 3.26. The molecule has 0 aliphatic carbocycles. The van der Waals surface area contributed by atoms with Crippen LogP contribution in [0.3, 0.4) is 0 Å². The Labute approximate surface area is 122 Å². The van der Waals surface area contributed by atoms with Crippen LogP contribution in [0.2, 0.25) is 5.02 Å². The Balaban J connectivity index is 2.00. The average molecular weight is 301 g/mol. The Bertz CT molecular complexity index is 432. The van der Waals surface area contributed by atoms with Crippen molar-refractivity contribution >= 4 is 29.3 Å². The van der Waals surface area contributed by atoms with Gasteiger partial charge >= 0.3 is 5.97 Å². The smallest absolute Gasteiger partial charge is 0.312 e. The van der Waals surface area contributed by atoms with Crippen LogP contribution < -0.4 is 4.74 Å². The third kappa shape index (κ3) is 3.80. The molecule has 0 spiro atoms. The van der Waals surface area contributed by atoms with Gasteiger partial charge in [0.05, 0.1) is 18.1 Å². The minimum Gasteiger partial charge on any atom is -0.491 e. The normalized spacial score (nSPS) is 20.0. The van der Waals surface area contributed by atoms with Gasteiger partial charge in [-0.2, -0.15) is 11.8 Å². The second-order valence-electron chi connectivity index (χ2n) is 4.49. The first-order chi connectivity index (χ1) is 9.22. The highest BCUT2D eigenvalue weighted by molar-refractivity contribution is 7.99. The van der Waals surface area contributed by atoms with Crippen LogP contribution in [0.1, 0.15) is 6.42 Å². The second-order valence-corrected chi connectivity index (χ2v) is 6.05. The predicted molar refractivity (Wildman–Crippen MR) is 77.9 cm³/mol. The zero-order valence-electron chi connectivity index (χ0n) is 10.8. The number of rotatable bonds is 5. The topological polar surface area (TPSA) is 35.5 Å². The van der Waals surface area contributed by atoms with Gasteiger partial charge in [0.1, 0.15) is 12.4 Å². The van der Waals surface area contributed by atoms with E-state index in [4.69, 9.17) is 21.1 Å². The van der Waals surface area contributed by atoms with E-state index in [9.17, 15) is 4.79 Å². The lowest BCUT2D eigenvalue weighted by molar-refractivity contribution is -0.148. The van der Waals surface area contributed by atoms with Crippen LogP contribution in [0.4, 0.5) is 0 Å². The molecule has 104 valence electrons. The molecule has 2 unspecified atom stereocenters. The SMILES string of the molecule is COC(=O)C(COc1ccccc1Cl)C1CCSC1. The van der Waals surface area contributed by atoms with Crippen LogP contribution in [0.25, 0.3) is 0 Å². The molecular formula is C14H17ClO3S. The molecular weight excluding hydrogens is 284 g/mol. The molecule has 1 heterocycles. The van der Waals surface area contributed by atoms with Gasteiger partial charge in [-0.25, -0.2) is 0 Å². The maximum Gasteiger partial charge on any atom is 0.312 e. The van der Waals surface area contributed by atoms with E-state index in [-0.39, 0.29) is 11.9 Å². The number of benzene rings is 1. The van der Waals surface area contributed by atoms with Crippen molar-refractivity contribution < 1.29 is 14.3 Å². The number of methoxy groups -OCH3 is 1. The van der Waals surface area contributed by atoms with Crippen LogP contribution in [0.5, 0.6) is 5.75 Å². The molecule has 1 saturated heterocycles. The van der Waals surface area contributed by atoms with Crippen LogP contribution in [0.15, 0.2) is 24.3 Å². The van der Waals surface area contributed by atoms with E-state index >= 15 is 0 Å². The summed E-state index contributed by atoms with van der Waals surface area (Å²) in [7, 11) is 1.42. The van der Waals surface area contributed by atoms with E-state index in [0.29, 0.717) is 23.3 Å². The molecule has 0 bridgehead atoms. The van der Waals surface area contributed by atoms with Gasteiger partial charge in [-0.15, -0.1) is 0 Å². The summed E-state index contributed by atoms with van der Waals surface area (Å²) >= 11 is 7.91. The van der Waals surface area contributed by atoms with Crippen molar-refractivity contribution in [3.63, 3.8) is 0 Å². The number of para-hydroxylation sites is 1. The lowest BCUT2D eigenvalue weighted by atomic mass is 9.92. The molecule has 19 heavy (non-hydrogen) atoms. The van der Waals surface area contributed by atoms with E-state index in [2.05, 4.69) is 0 Å². The first kappa shape index (κ1) is 14.5. The minimum absolute atomic E-state index is 0.195. The number of halogens is 1. The van der Waals surface area contributed by atoms with Gasteiger partial charge in [0.2, 0.25) is 0 Å². The summed E-state index contributed by atoms with van der Waals surface area (Å²) in [5.74, 6) is 2.63. The highest BCUT2D eigenvalue weighted by Crippen LogP contribution is 2.32. The summed E-state index contributed by atoms with van der Waals surface area (Å²) < 4.78 is 10.6. The van der Waals surface area contributed by atoms with E-state index < -0.39 is 0 Å². The minimum atomic E-state index is -0.212. The number of esters is 1. The summed E-state index contributed by atoms with van der Waals surface area (Å²) in [6.45, 7) is 0.321. The Morgan fingerprint density at radius 3 is 2.95 bits per heavy atom. The fraction of sp³-hybridized carbons (Fsp3) is 0.500. The third-order valence-corrected chi connectivity index (χ3v) is 4.79. The quantitative estimate of drug-likeness (QED) is 0.782. The fourth-order valence-electron chi connectivity index (χ4n) is 2.16. The molecule has 2 atom stereocenters. The highest BCUT2D eigenvalue weighted by atomic mass is 35.5. The van der Waals surface area contributed by atoms with Crippen LogP contribution in [-0.4, -0.2) is 31.2 Å². The number of carbonyl (C=O) groups is 1. The average Bonchev–Trinajstić information content (AvgIpc) is 2.94. The van der Waals surface area contributed by atoms with Gasteiger partial charge in [-0.1, -0.05) is 23.7 Å². The molecule has 0 radical (unpaired) electrons. The summed E-state index contributed by atoms with van der Waals surface area (Å²) in [5, 5.41) is 0.562. The first-order valence-corrected chi connectivity index (χ1v) is 7.78. The molecule has 1 aliphatic rings. The molecule has 1 fully saturated rings. The highest BCUT2D eigenvalue weighted by Gasteiger charge is 2.32. The molecule has 0 amide bonds. The van der Waals surface area contributed by atoms with Gasteiger partial charge in [-0.05, 0) is 36.0 Å². The monoisotopic (exact) mass is 300 g/mol. The third-order valence-electron chi connectivity index (χ3n) is 3.29. The standard InChI is InChI=1S/C14H17ClO3S/c1-17-14(16)11(10-6-7-19-9-10)8-18-13-5-3-2-4-12(13)15/h2-5,10-11H,6-9H2,1H3. The molecule has 1 aliphatic heterocycles. The van der Waals surface area contributed by atoms with Crippen LogP contribution >= 0.6 is 23.4 Å². The maximum absolute atomic E-state index is 11.9. The molecule has 5 heteroatoms. The summed E-state index contributed by atoms with van der Waals surface area (Å²) in [6, 6.07) is 7.29. The first-order valence-electron chi connectivity index (χ1n) is 6.25. The fourth-order valence-corrected chi connectivity index (χ4v) is 3.69. The molecule has 0 aromatic heterocycles. The Morgan fingerprint density at radius 1 is 1.53 bits per heavy atom. The van der Waals surface area contributed by atoms with E-state index in [1.807, 2.05) is 23.9 Å². The zero-order valence-corrected chi connectivity index (χ0v) is 12.4. The van der Waals surface area contributed by atoms with Crippen molar-refractivity contribution in [2.24, 2.45) is 11.8 Å². The molecule has 3 nitrogen and oxygen atoms in total. The molecule has 0 saturated carbocycles. The van der Waals surface area contributed by atoms with Gasteiger partial charge in [0.15, 0.2) is 0 Å². The second kappa shape index (κ2) is 7.06. The molecule has 0 N–H and O–H groups in total. The molecule has 1 aromatic carbocycles. The number of thioether (sulfide) groups is 1. The Hall–Kier alpha value is -0.870. The Kier molecular flexibility index (Phi) is 5.40. The van der Waals surface area contributed by atoms with Crippen molar-refractivity contribution in [2.75, 3.05) is 25.2 Å². The summed E-state index contributed by atoms with van der Waals surface area (Å²) in [4.78, 5) is 11.9. The van der Waals surface area contributed by atoms with Crippen molar-refractivity contribution in [3.8, 4) is 5.75 Å². The van der Waals surface area contributed by atoms with Gasteiger partial charge in [-0.3, -0.25) is 4.79 Å². The molecule has 1 aromatic rings. The van der Waals surface area contributed by atoms with E-state index in [1.54, 1.807) is 12.1 Å². The van der Waals surface area contributed by atoms with Crippen LogP contribution in [0, 0.1) is 11.8 Å². The van der Waals surface area contributed by atoms with Crippen molar-refractivity contribution in [1.82, 2.24) is 0 Å². The van der Waals surface area contributed by atoms with Gasteiger partial charge in [0, 0.05) is 0 Å². The molecule has 2 rings (SSSR count). The lowest BCUT2D eigenvalue weighted by Crippen LogP contribution is -2.30. The van der Waals surface area contributed by atoms with Crippen molar-refractivity contribution in [1.29, 1.82) is 0 Å². The maximum atomic E-state index is 11.9. The number of hydrogen-bond acceptors (Lipinski definition) is 4. The number of carbonyl (C=O) groups excluding carboxylic acids is 1. The summed E-state index contributed by atoms with van der Waals surface area (Å²) in [6.07, 6.45) is 1.04. The number of ether oxygens (including phenoxy) is 2. The van der Waals surface area contributed by atoms with Gasteiger partial charge in [0.25, 0.3) is 0 Å². The summed E-state index contributed by atoms with van der Waals surface area (Å²) in [5.41, 5.74) is 0. The van der Waals surface area contributed by atoms with Crippen molar-refractivity contribution in [3.05, 3.63) is 29.3 Å². The Morgan fingerprint density at radius 2 is 2.32 bits per heavy atom. The van der Waals surface area contributed by atoms with Crippen molar-refractivity contribution in [2.45, 2.75) is 6.42 Å².